The number of benzene rings is 2. The van der Waals surface area contributed by atoms with E-state index in [2.05, 4.69) is 6.92 Å². The summed E-state index contributed by atoms with van der Waals surface area (Å²) in [5.41, 5.74) is 2.49. The molecule has 122 valence electrons. The molecule has 0 saturated carbocycles. The molecule has 2 aromatic carbocycles. The van der Waals surface area contributed by atoms with Crippen LogP contribution in [0.5, 0.6) is 0 Å². The molecule has 0 saturated heterocycles. The molecule has 1 aliphatic heterocycles. The van der Waals surface area contributed by atoms with Crippen LogP contribution in [0.3, 0.4) is 0 Å². The fraction of sp³-hybridized carbons (Fsp3) is 0.368. The van der Waals surface area contributed by atoms with Gasteiger partial charge in [0, 0.05) is 0 Å². The monoisotopic (exact) mass is 329 g/mol. The van der Waals surface area contributed by atoms with Gasteiger partial charge in [0.25, 0.3) is 10.0 Å². The van der Waals surface area contributed by atoms with Gasteiger partial charge in [0.05, 0.1) is 16.1 Å². The lowest BCUT2D eigenvalue weighted by atomic mass is 9.82. The summed E-state index contributed by atoms with van der Waals surface area (Å²) in [6.07, 6.45) is 0.801. The molecule has 0 aromatic heterocycles. The first-order chi connectivity index (χ1) is 10.7. The molecule has 0 unspecified atom stereocenters. The zero-order chi connectivity index (χ0) is 16.8. The third kappa shape index (κ3) is 2.65. The van der Waals surface area contributed by atoms with Crippen molar-refractivity contribution in [3.05, 3.63) is 59.7 Å². The SMILES string of the molecule is Cc1ccc(S(=O)(=O)N2c3ccccc3[C@@H](C)CC2(C)C)cc1. The molecule has 23 heavy (non-hydrogen) atoms. The van der Waals surface area contributed by atoms with Gasteiger partial charge in [-0.3, -0.25) is 4.31 Å². The number of fused-ring (bicyclic) bond motifs is 1. The van der Waals surface area contributed by atoms with E-state index in [4.69, 9.17) is 0 Å². The van der Waals surface area contributed by atoms with Crippen molar-refractivity contribution in [2.45, 2.75) is 50.5 Å². The largest absolute Gasteiger partial charge is 0.264 e. The van der Waals surface area contributed by atoms with Gasteiger partial charge in [0.2, 0.25) is 0 Å². The number of para-hydroxylation sites is 1. The smallest absolute Gasteiger partial charge is 0.260 e. The van der Waals surface area contributed by atoms with E-state index in [0.717, 1.165) is 23.2 Å². The molecule has 1 heterocycles. The molecule has 1 aliphatic rings. The Bertz CT molecular complexity index is 823. The predicted molar refractivity (Wildman–Crippen MR) is 94.4 cm³/mol. The van der Waals surface area contributed by atoms with Crippen molar-refractivity contribution in [3.8, 4) is 0 Å². The third-order valence-electron chi connectivity index (χ3n) is 4.60. The van der Waals surface area contributed by atoms with Gasteiger partial charge in [-0.15, -0.1) is 0 Å². The second kappa shape index (κ2) is 5.38. The summed E-state index contributed by atoms with van der Waals surface area (Å²) in [5.74, 6) is 0.339. The number of anilines is 1. The van der Waals surface area contributed by atoms with Gasteiger partial charge in [-0.2, -0.15) is 0 Å². The van der Waals surface area contributed by atoms with E-state index in [9.17, 15) is 8.42 Å². The predicted octanol–water partition coefficient (Wildman–Crippen LogP) is 4.48. The van der Waals surface area contributed by atoms with Crippen LogP contribution in [0.1, 0.15) is 44.2 Å². The molecule has 0 fully saturated rings. The number of aryl methyl sites for hydroxylation is 1. The maximum absolute atomic E-state index is 13.3. The average molecular weight is 329 g/mol. The molecule has 0 bridgehead atoms. The minimum atomic E-state index is -3.59. The molecule has 0 amide bonds. The van der Waals surface area contributed by atoms with Crippen molar-refractivity contribution in [2.24, 2.45) is 0 Å². The Labute approximate surface area is 139 Å². The molecule has 1 atom stereocenters. The van der Waals surface area contributed by atoms with E-state index in [-0.39, 0.29) is 0 Å². The molecular weight excluding hydrogens is 306 g/mol. The zero-order valence-electron chi connectivity index (χ0n) is 14.1. The van der Waals surface area contributed by atoms with Crippen LogP contribution in [0.25, 0.3) is 0 Å². The van der Waals surface area contributed by atoms with Gasteiger partial charge in [0.1, 0.15) is 0 Å². The molecule has 0 N–H and O–H groups in total. The lowest BCUT2D eigenvalue weighted by molar-refractivity contribution is 0.413. The fourth-order valence-electron chi connectivity index (χ4n) is 3.63. The first kappa shape index (κ1) is 16.1. The van der Waals surface area contributed by atoms with E-state index in [1.807, 2.05) is 57.2 Å². The minimum Gasteiger partial charge on any atom is -0.260 e. The molecule has 0 aliphatic carbocycles. The van der Waals surface area contributed by atoms with Crippen molar-refractivity contribution in [2.75, 3.05) is 4.31 Å². The molecular formula is C19H23NO2S. The van der Waals surface area contributed by atoms with E-state index in [1.54, 1.807) is 16.4 Å². The summed E-state index contributed by atoms with van der Waals surface area (Å²) < 4.78 is 28.2. The summed E-state index contributed by atoms with van der Waals surface area (Å²) in [6.45, 7) is 8.13. The van der Waals surface area contributed by atoms with Gasteiger partial charge in [0.15, 0.2) is 0 Å². The number of sulfonamides is 1. The quantitative estimate of drug-likeness (QED) is 0.815. The van der Waals surface area contributed by atoms with E-state index in [0.29, 0.717) is 10.8 Å². The van der Waals surface area contributed by atoms with Crippen LogP contribution in [0.4, 0.5) is 5.69 Å². The summed E-state index contributed by atoms with van der Waals surface area (Å²) in [4.78, 5) is 0.348. The highest BCUT2D eigenvalue weighted by atomic mass is 32.2. The highest BCUT2D eigenvalue weighted by molar-refractivity contribution is 7.93. The lowest BCUT2D eigenvalue weighted by Crippen LogP contribution is -2.51. The Kier molecular flexibility index (Phi) is 3.75. The Hall–Kier alpha value is -1.81. The Morgan fingerprint density at radius 1 is 1.04 bits per heavy atom. The summed E-state index contributed by atoms with van der Waals surface area (Å²) in [5, 5.41) is 0. The topological polar surface area (TPSA) is 37.4 Å². The van der Waals surface area contributed by atoms with Crippen molar-refractivity contribution in [1.82, 2.24) is 0 Å². The molecule has 0 radical (unpaired) electrons. The second-order valence-corrected chi connectivity index (χ2v) is 8.85. The van der Waals surface area contributed by atoms with Crippen LogP contribution >= 0.6 is 0 Å². The molecule has 3 rings (SSSR count). The number of hydrogen-bond donors (Lipinski definition) is 0. The van der Waals surface area contributed by atoms with Gasteiger partial charge < -0.3 is 0 Å². The van der Waals surface area contributed by atoms with Crippen molar-refractivity contribution in [3.63, 3.8) is 0 Å². The number of rotatable bonds is 2. The third-order valence-corrected chi connectivity index (χ3v) is 6.64. The first-order valence-electron chi connectivity index (χ1n) is 7.94. The second-order valence-electron chi connectivity index (χ2n) is 7.06. The van der Waals surface area contributed by atoms with Crippen LogP contribution in [-0.2, 0) is 10.0 Å². The summed E-state index contributed by atoms with van der Waals surface area (Å²) in [7, 11) is -3.59. The molecule has 3 nitrogen and oxygen atoms in total. The average Bonchev–Trinajstić information content (AvgIpc) is 2.46. The maximum atomic E-state index is 13.3. The van der Waals surface area contributed by atoms with Gasteiger partial charge in [-0.1, -0.05) is 42.8 Å². The number of hydrogen-bond acceptors (Lipinski definition) is 2. The number of nitrogens with zero attached hydrogens (tertiary/aromatic N) is 1. The van der Waals surface area contributed by atoms with Gasteiger partial charge in [-0.25, -0.2) is 8.42 Å². The fourth-order valence-corrected chi connectivity index (χ4v) is 5.47. The zero-order valence-corrected chi connectivity index (χ0v) is 14.9. The van der Waals surface area contributed by atoms with Crippen molar-refractivity contribution < 1.29 is 8.42 Å². The van der Waals surface area contributed by atoms with E-state index >= 15 is 0 Å². The summed E-state index contributed by atoms with van der Waals surface area (Å²) in [6, 6.07) is 14.9. The Morgan fingerprint density at radius 2 is 1.65 bits per heavy atom. The van der Waals surface area contributed by atoms with Crippen LogP contribution in [0.2, 0.25) is 0 Å². The molecule has 4 heteroatoms. The van der Waals surface area contributed by atoms with Crippen LogP contribution < -0.4 is 4.31 Å². The Morgan fingerprint density at radius 3 is 2.30 bits per heavy atom. The van der Waals surface area contributed by atoms with E-state index in [1.165, 1.54) is 0 Å². The summed E-state index contributed by atoms with van der Waals surface area (Å²) >= 11 is 0. The van der Waals surface area contributed by atoms with Crippen LogP contribution in [0.15, 0.2) is 53.4 Å². The minimum absolute atomic E-state index is 0.339. The van der Waals surface area contributed by atoms with Crippen LogP contribution in [0, 0.1) is 6.92 Å². The van der Waals surface area contributed by atoms with Gasteiger partial charge in [-0.05, 0) is 56.9 Å². The first-order valence-corrected chi connectivity index (χ1v) is 9.38. The van der Waals surface area contributed by atoms with Crippen molar-refractivity contribution in [1.29, 1.82) is 0 Å². The standard InChI is InChI=1S/C19H23NO2S/c1-14-9-11-16(12-10-14)23(21,22)20-18-8-6-5-7-17(18)15(2)13-19(20,3)4/h5-12,15H,13H2,1-4H3/t15-/m0/s1. The molecule has 0 spiro atoms. The maximum Gasteiger partial charge on any atom is 0.264 e. The highest BCUT2D eigenvalue weighted by Crippen LogP contribution is 2.45. The highest BCUT2D eigenvalue weighted by Gasteiger charge is 2.43. The lowest BCUT2D eigenvalue weighted by Gasteiger charge is -2.46. The normalized spacial score (nSPS) is 20.2. The van der Waals surface area contributed by atoms with Crippen LogP contribution in [-0.4, -0.2) is 14.0 Å². The molecule has 2 aromatic rings. The van der Waals surface area contributed by atoms with Gasteiger partial charge >= 0.3 is 0 Å². The van der Waals surface area contributed by atoms with Crippen molar-refractivity contribution >= 4 is 15.7 Å². The van der Waals surface area contributed by atoms with E-state index < -0.39 is 15.6 Å². The Balaban J connectivity index is 2.20.